The zero-order valence-corrected chi connectivity index (χ0v) is 7.03. The Bertz CT molecular complexity index is 225. The maximum Gasteiger partial charge on any atom is 0.0407 e. The highest BCUT2D eigenvalue weighted by atomic mass is 32.2. The molecule has 2 heterocycles. The number of hydrogen-bond donors (Lipinski definition) is 1. The molecule has 1 aromatic heterocycles. The molecule has 11 heavy (non-hydrogen) atoms. The Morgan fingerprint density at radius 3 is 3.55 bits per heavy atom. The van der Waals surface area contributed by atoms with Gasteiger partial charge in [-0.3, -0.25) is 4.98 Å². The predicted molar refractivity (Wildman–Crippen MR) is 46.7 cm³/mol. The van der Waals surface area contributed by atoms with Crippen LogP contribution in [0, 0.1) is 0 Å². The van der Waals surface area contributed by atoms with Gasteiger partial charge < -0.3 is 5.32 Å². The van der Waals surface area contributed by atoms with Crippen LogP contribution in [0.4, 0.5) is 0 Å². The van der Waals surface area contributed by atoms with Gasteiger partial charge in [0.15, 0.2) is 0 Å². The van der Waals surface area contributed by atoms with Crippen LogP contribution in [0.15, 0.2) is 23.4 Å². The van der Waals surface area contributed by atoms with Gasteiger partial charge in [-0.25, -0.2) is 0 Å². The zero-order chi connectivity index (χ0) is 7.52. The lowest BCUT2D eigenvalue weighted by Gasteiger charge is -2.01. The third kappa shape index (κ3) is 1.54. The van der Waals surface area contributed by atoms with E-state index in [-0.39, 0.29) is 0 Å². The minimum absolute atomic E-state index is 0.991. The first-order chi connectivity index (χ1) is 5.47. The van der Waals surface area contributed by atoms with E-state index in [0.717, 1.165) is 18.8 Å². The molecule has 0 fully saturated rings. The summed E-state index contributed by atoms with van der Waals surface area (Å²) in [6.45, 7) is 2.09. The van der Waals surface area contributed by atoms with Gasteiger partial charge >= 0.3 is 0 Å². The number of pyridine rings is 1. The summed E-state index contributed by atoms with van der Waals surface area (Å²) in [5, 5.41) is 3.35. The monoisotopic (exact) mass is 166 g/mol. The molecule has 0 aromatic carbocycles. The van der Waals surface area contributed by atoms with Gasteiger partial charge in [0, 0.05) is 36.1 Å². The standard InChI is InChI=1S/C8H10N2S/c1-2-9-6-8-7(1)5-10-3-4-11-8/h1-2,6,10H,3-5H2. The van der Waals surface area contributed by atoms with E-state index in [4.69, 9.17) is 0 Å². The first kappa shape index (κ1) is 7.13. The average molecular weight is 166 g/mol. The van der Waals surface area contributed by atoms with E-state index in [1.54, 1.807) is 0 Å². The SMILES string of the molecule is c1cc2c(cn1)SCCNC2. The van der Waals surface area contributed by atoms with Gasteiger partial charge in [-0.15, -0.1) is 11.8 Å². The van der Waals surface area contributed by atoms with Crippen molar-refractivity contribution in [2.75, 3.05) is 12.3 Å². The summed E-state index contributed by atoms with van der Waals surface area (Å²) in [4.78, 5) is 5.42. The maximum atomic E-state index is 4.09. The molecule has 0 bridgehead atoms. The largest absolute Gasteiger partial charge is 0.312 e. The molecule has 0 atom stereocenters. The Kier molecular flexibility index (Phi) is 2.10. The van der Waals surface area contributed by atoms with Crippen molar-refractivity contribution >= 4 is 11.8 Å². The summed E-state index contributed by atoms with van der Waals surface area (Å²) in [5.41, 5.74) is 1.38. The molecule has 0 saturated heterocycles. The van der Waals surface area contributed by atoms with Crippen LogP contribution in [0.25, 0.3) is 0 Å². The fraction of sp³-hybridized carbons (Fsp3) is 0.375. The Balaban J connectivity index is 2.33. The van der Waals surface area contributed by atoms with Crippen molar-refractivity contribution < 1.29 is 0 Å². The lowest BCUT2D eigenvalue weighted by Crippen LogP contribution is -2.13. The second-order valence-corrected chi connectivity index (χ2v) is 3.65. The zero-order valence-electron chi connectivity index (χ0n) is 6.21. The molecule has 0 aliphatic carbocycles. The maximum absolute atomic E-state index is 4.09. The van der Waals surface area contributed by atoms with Gasteiger partial charge in [0.25, 0.3) is 0 Å². The lowest BCUT2D eigenvalue weighted by atomic mass is 10.3. The van der Waals surface area contributed by atoms with Gasteiger partial charge in [0.2, 0.25) is 0 Å². The Labute approximate surface area is 70.4 Å². The third-order valence-electron chi connectivity index (χ3n) is 1.72. The van der Waals surface area contributed by atoms with E-state index in [2.05, 4.69) is 16.4 Å². The number of aromatic nitrogens is 1. The molecule has 58 valence electrons. The van der Waals surface area contributed by atoms with E-state index in [0.29, 0.717) is 0 Å². The van der Waals surface area contributed by atoms with Crippen LogP contribution in [0.5, 0.6) is 0 Å². The van der Waals surface area contributed by atoms with E-state index in [9.17, 15) is 0 Å². The smallest absolute Gasteiger partial charge is 0.0407 e. The van der Waals surface area contributed by atoms with E-state index < -0.39 is 0 Å². The average Bonchev–Trinajstić information content (AvgIpc) is 2.28. The summed E-state index contributed by atoms with van der Waals surface area (Å²) < 4.78 is 0. The van der Waals surface area contributed by atoms with Gasteiger partial charge in [-0.2, -0.15) is 0 Å². The topological polar surface area (TPSA) is 24.9 Å². The van der Waals surface area contributed by atoms with Crippen LogP contribution >= 0.6 is 11.8 Å². The van der Waals surface area contributed by atoms with Crippen LogP contribution in [0.1, 0.15) is 5.56 Å². The van der Waals surface area contributed by atoms with Gasteiger partial charge in [-0.1, -0.05) is 0 Å². The lowest BCUT2D eigenvalue weighted by molar-refractivity contribution is 0.730. The number of nitrogens with zero attached hydrogens (tertiary/aromatic N) is 1. The Hall–Kier alpha value is -0.540. The van der Waals surface area contributed by atoms with Crippen LogP contribution in [0.2, 0.25) is 0 Å². The molecule has 1 N–H and O–H groups in total. The van der Waals surface area contributed by atoms with Crippen molar-refractivity contribution in [1.82, 2.24) is 10.3 Å². The number of nitrogens with one attached hydrogen (secondary N) is 1. The third-order valence-corrected chi connectivity index (χ3v) is 2.81. The molecule has 3 heteroatoms. The van der Waals surface area contributed by atoms with Crippen molar-refractivity contribution in [3.8, 4) is 0 Å². The van der Waals surface area contributed by atoms with Crippen molar-refractivity contribution in [2.45, 2.75) is 11.4 Å². The quantitative estimate of drug-likeness (QED) is 0.628. The van der Waals surface area contributed by atoms with Crippen LogP contribution in [-0.4, -0.2) is 17.3 Å². The molecular formula is C8H10N2S. The van der Waals surface area contributed by atoms with Crippen molar-refractivity contribution in [3.63, 3.8) is 0 Å². The van der Waals surface area contributed by atoms with E-state index in [1.165, 1.54) is 10.5 Å². The number of fused-ring (bicyclic) bond motifs is 1. The summed E-state index contributed by atoms with van der Waals surface area (Å²) in [6.07, 6.45) is 3.80. The molecule has 1 aliphatic heterocycles. The molecule has 2 rings (SSSR count). The van der Waals surface area contributed by atoms with E-state index in [1.807, 2.05) is 24.2 Å². The highest BCUT2D eigenvalue weighted by molar-refractivity contribution is 7.99. The fourth-order valence-corrected chi connectivity index (χ4v) is 2.07. The van der Waals surface area contributed by atoms with Crippen LogP contribution < -0.4 is 5.32 Å². The normalized spacial score (nSPS) is 17.1. The second-order valence-electron chi connectivity index (χ2n) is 2.51. The van der Waals surface area contributed by atoms with Crippen molar-refractivity contribution in [2.24, 2.45) is 0 Å². The number of hydrogen-bond acceptors (Lipinski definition) is 3. The number of thioether (sulfide) groups is 1. The highest BCUT2D eigenvalue weighted by Crippen LogP contribution is 2.22. The molecule has 0 unspecified atom stereocenters. The van der Waals surface area contributed by atoms with Gasteiger partial charge in [0.1, 0.15) is 0 Å². The fourth-order valence-electron chi connectivity index (χ4n) is 1.14. The summed E-state index contributed by atoms with van der Waals surface area (Å²) >= 11 is 1.88. The second kappa shape index (κ2) is 3.24. The molecule has 0 saturated carbocycles. The van der Waals surface area contributed by atoms with Gasteiger partial charge in [-0.05, 0) is 11.6 Å². The van der Waals surface area contributed by atoms with Gasteiger partial charge in [0.05, 0.1) is 0 Å². The molecular weight excluding hydrogens is 156 g/mol. The number of rotatable bonds is 0. The minimum Gasteiger partial charge on any atom is -0.312 e. The summed E-state index contributed by atoms with van der Waals surface area (Å²) in [5.74, 6) is 1.15. The molecule has 0 amide bonds. The first-order valence-electron chi connectivity index (χ1n) is 3.73. The molecule has 2 nitrogen and oxygen atoms in total. The van der Waals surface area contributed by atoms with E-state index >= 15 is 0 Å². The first-order valence-corrected chi connectivity index (χ1v) is 4.72. The summed E-state index contributed by atoms with van der Waals surface area (Å²) in [6, 6.07) is 2.08. The molecule has 1 aliphatic rings. The van der Waals surface area contributed by atoms with Crippen LogP contribution in [0.3, 0.4) is 0 Å². The Morgan fingerprint density at radius 1 is 1.55 bits per heavy atom. The molecule has 0 radical (unpaired) electrons. The predicted octanol–water partition coefficient (Wildman–Crippen LogP) is 1.28. The minimum atomic E-state index is 0.991. The van der Waals surface area contributed by atoms with Crippen molar-refractivity contribution in [3.05, 3.63) is 24.0 Å². The van der Waals surface area contributed by atoms with Crippen molar-refractivity contribution in [1.29, 1.82) is 0 Å². The highest BCUT2D eigenvalue weighted by Gasteiger charge is 2.05. The molecule has 0 spiro atoms. The Morgan fingerprint density at radius 2 is 2.55 bits per heavy atom. The van der Waals surface area contributed by atoms with Crippen LogP contribution in [-0.2, 0) is 6.54 Å². The molecule has 1 aromatic rings. The summed E-state index contributed by atoms with van der Waals surface area (Å²) in [7, 11) is 0.